The lowest BCUT2D eigenvalue weighted by molar-refractivity contribution is 0.332. The van der Waals surface area contributed by atoms with E-state index in [9.17, 15) is 8.42 Å². The van der Waals surface area contributed by atoms with Gasteiger partial charge >= 0.3 is 0 Å². The SMILES string of the molecule is CN(CCCCS(N)(=O)=O)CCc1ccccc1. The largest absolute Gasteiger partial charge is 0.306 e. The second kappa shape index (κ2) is 7.51. The Balaban J connectivity index is 2.13. The molecule has 1 rings (SSSR count). The first-order valence-electron chi connectivity index (χ1n) is 6.20. The summed E-state index contributed by atoms with van der Waals surface area (Å²) in [7, 11) is -1.24. The van der Waals surface area contributed by atoms with Crippen molar-refractivity contribution in [3.8, 4) is 0 Å². The smallest absolute Gasteiger partial charge is 0.209 e. The molecule has 0 bridgehead atoms. The van der Waals surface area contributed by atoms with Gasteiger partial charge in [-0.1, -0.05) is 30.3 Å². The highest BCUT2D eigenvalue weighted by Crippen LogP contribution is 2.01. The Bertz CT molecular complexity index is 432. The first-order valence-corrected chi connectivity index (χ1v) is 7.92. The number of hydrogen-bond acceptors (Lipinski definition) is 3. The van der Waals surface area contributed by atoms with Crippen molar-refractivity contribution in [3.05, 3.63) is 35.9 Å². The van der Waals surface area contributed by atoms with Crippen LogP contribution in [0.1, 0.15) is 18.4 Å². The number of hydrogen-bond donors (Lipinski definition) is 1. The normalized spacial score (nSPS) is 11.9. The summed E-state index contributed by atoms with van der Waals surface area (Å²) in [5, 5.41) is 4.95. The number of nitrogens with two attached hydrogens (primary N) is 1. The summed E-state index contributed by atoms with van der Waals surface area (Å²) in [6.45, 7) is 1.89. The van der Waals surface area contributed by atoms with Crippen LogP contribution in [0.5, 0.6) is 0 Å². The third kappa shape index (κ3) is 7.42. The van der Waals surface area contributed by atoms with Gasteiger partial charge in [0.05, 0.1) is 5.75 Å². The zero-order chi connectivity index (χ0) is 13.4. The van der Waals surface area contributed by atoms with E-state index in [1.807, 2.05) is 18.2 Å². The number of unbranched alkanes of at least 4 members (excludes halogenated alkanes) is 1. The van der Waals surface area contributed by atoms with Crippen molar-refractivity contribution in [1.82, 2.24) is 4.90 Å². The van der Waals surface area contributed by atoms with Crippen molar-refractivity contribution in [1.29, 1.82) is 0 Å². The highest BCUT2D eigenvalue weighted by atomic mass is 32.2. The van der Waals surface area contributed by atoms with Crippen LogP contribution >= 0.6 is 0 Å². The van der Waals surface area contributed by atoms with Gasteiger partial charge in [0, 0.05) is 6.54 Å². The maximum atomic E-state index is 10.8. The molecule has 0 unspecified atom stereocenters. The van der Waals surface area contributed by atoms with Crippen LogP contribution in [-0.4, -0.2) is 39.2 Å². The number of sulfonamides is 1. The topological polar surface area (TPSA) is 63.4 Å². The van der Waals surface area contributed by atoms with E-state index in [1.54, 1.807) is 0 Å². The van der Waals surface area contributed by atoms with Gasteiger partial charge in [-0.25, -0.2) is 13.6 Å². The third-order valence-electron chi connectivity index (χ3n) is 2.84. The minimum absolute atomic E-state index is 0.0829. The summed E-state index contributed by atoms with van der Waals surface area (Å²) in [5.74, 6) is 0.0829. The third-order valence-corrected chi connectivity index (χ3v) is 3.70. The standard InChI is InChI=1S/C13H22N2O2S/c1-15(10-5-6-12-18(14,16)17)11-9-13-7-3-2-4-8-13/h2-4,7-8H,5-6,9-12H2,1H3,(H2,14,16,17). The van der Waals surface area contributed by atoms with Crippen molar-refractivity contribution in [3.63, 3.8) is 0 Å². The van der Waals surface area contributed by atoms with E-state index in [1.165, 1.54) is 5.56 Å². The highest BCUT2D eigenvalue weighted by Gasteiger charge is 2.03. The van der Waals surface area contributed by atoms with E-state index in [0.29, 0.717) is 6.42 Å². The lowest BCUT2D eigenvalue weighted by Crippen LogP contribution is -2.23. The summed E-state index contributed by atoms with van der Waals surface area (Å²) in [5.41, 5.74) is 1.33. The van der Waals surface area contributed by atoms with Gasteiger partial charge < -0.3 is 4.90 Å². The molecule has 0 fully saturated rings. The van der Waals surface area contributed by atoms with Gasteiger partial charge in [0.1, 0.15) is 0 Å². The molecule has 0 radical (unpaired) electrons. The minimum Gasteiger partial charge on any atom is -0.306 e. The van der Waals surface area contributed by atoms with E-state index < -0.39 is 10.0 Å². The maximum absolute atomic E-state index is 10.8. The average molecular weight is 270 g/mol. The number of primary sulfonamides is 1. The average Bonchev–Trinajstić information content (AvgIpc) is 2.32. The van der Waals surface area contributed by atoms with Gasteiger partial charge in [0.2, 0.25) is 10.0 Å². The molecule has 0 aliphatic rings. The Labute approximate surface area is 110 Å². The zero-order valence-corrected chi connectivity index (χ0v) is 11.7. The van der Waals surface area contributed by atoms with E-state index in [0.717, 1.165) is 25.9 Å². The van der Waals surface area contributed by atoms with Crippen molar-refractivity contribution in [2.45, 2.75) is 19.3 Å². The van der Waals surface area contributed by atoms with Crippen LogP contribution in [0.2, 0.25) is 0 Å². The van der Waals surface area contributed by atoms with Gasteiger partial charge in [-0.15, -0.1) is 0 Å². The van der Waals surface area contributed by atoms with Crippen LogP contribution in [-0.2, 0) is 16.4 Å². The van der Waals surface area contributed by atoms with E-state index in [2.05, 4.69) is 24.1 Å². The highest BCUT2D eigenvalue weighted by molar-refractivity contribution is 7.89. The maximum Gasteiger partial charge on any atom is 0.209 e. The molecule has 102 valence electrons. The first-order chi connectivity index (χ1) is 8.47. The van der Waals surface area contributed by atoms with Gasteiger partial charge in [-0.3, -0.25) is 0 Å². The summed E-state index contributed by atoms with van der Waals surface area (Å²) in [6.07, 6.45) is 2.52. The van der Waals surface area contributed by atoms with Crippen molar-refractivity contribution in [2.75, 3.05) is 25.9 Å². The van der Waals surface area contributed by atoms with Gasteiger partial charge in [0.15, 0.2) is 0 Å². The van der Waals surface area contributed by atoms with Gasteiger partial charge in [-0.2, -0.15) is 0 Å². The lowest BCUT2D eigenvalue weighted by atomic mass is 10.1. The van der Waals surface area contributed by atoms with Crippen molar-refractivity contribution >= 4 is 10.0 Å². The predicted octanol–water partition coefficient (Wildman–Crippen LogP) is 1.23. The molecule has 0 amide bonds. The summed E-state index contributed by atoms with van der Waals surface area (Å²) < 4.78 is 21.5. The van der Waals surface area contributed by atoms with Crippen LogP contribution in [0.25, 0.3) is 0 Å². The van der Waals surface area contributed by atoms with Crippen LogP contribution in [0.4, 0.5) is 0 Å². The van der Waals surface area contributed by atoms with Crippen LogP contribution in [0.15, 0.2) is 30.3 Å². The molecule has 2 N–H and O–H groups in total. The molecule has 5 heteroatoms. The fourth-order valence-electron chi connectivity index (χ4n) is 1.76. The van der Waals surface area contributed by atoms with E-state index >= 15 is 0 Å². The van der Waals surface area contributed by atoms with Crippen molar-refractivity contribution in [2.24, 2.45) is 5.14 Å². The lowest BCUT2D eigenvalue weighted by Gasteiger charge is -2.16. The summed E-state index contributed by atoms with van der Waals surface area (Å²) in [6, 6.07) is 10.3. The van der Waals surface area contributed by atoms with Crippen LogP contribution in [0.3, 0.4) is 0 Å². The Kier molecular flexibility index (Phi) is 6.32. The molecular formula is C13H22N2O2S. The molecule has 0 saturated heterocycles. The predicted molar refractivity (Wildman–Crippen MR) is 74.9 cm³/mol. The van der Waals surface area contributed by atoms with E-state index in [-0.39, 0.29) is 5.75 Å². The molecule has 0 aromatic heterocycles. The van der Waals surface area contributed by atoms with E-state index in [4.69, 9.17) is 5.14 Å². The fraction of sp³-hybridized carbons (Fsp3) is 0.538. The molecule has 0 aliphatic heterocycles. The molecule has 1 aromatic rings. The number of benzene rings is 1. The number of rotatable bonds is 8. The Morgan fingerprint density at radius 2 is 1.78 bits per heavy atom. The number of likely N-dealkylation sites (N-methyl/N-ethyl adjacent to an activating group) is 1. The molecular weight excluding hydrogens is 248 g/mol. The molecule has 0 heterocycles. The quantitative estimate of drug-likeness (QED) is 0.723. The minimum atomic E-state index is -3.30. The van der Waals surface area contributed by atoms with Gasteiger partial charge in [0.25, 0.3) is 0 Å². The molecule has 4 nitrogen and oxygen atoms in total. The fourth-order valence-corrected chi connectivity index (χ4v) is 2.37. The first kappa shape index (κ1) is 15.1. The van der Waals surface area contributed by atoms with Crippen LogP contribution < -0.4 is 5.14 Å². The molecule has 0 atom stereocenters. The second-order valence-electron chi connectivity index (χ2n) is 4.61. The molecule has 0 spiro atoms. The van der Waals surface area contributed by atoms with Crippen LogP contribution in [0, 0.1) is 0 Å². The number of nitrogens with zero attached hydrogens (tertiary/aromatic N) is 1. The summed E-state index contributed by atoms with van der Waals surface area (Å²) in [4.78, 5) is 2.22. The molecule has 0 saturated carbocycles. The Hall–Kier alpha value is -0.910. The van der Waals surface area contributed by atoms with Crippen molar-refractivity contribution < 1.29 is 8.42 Å². The Morgan fingerprint density at radius 3 is 2.39 bits per heavy atom. The zero-order valence-electron chi connectivity index (χ0n) is 10.9. The molecule has 1 aromatic carbocycles. The Morgan fingerprint density at radius 1 is 1.11 bits per heavy atom. The monoisotopic (exact) mass is 270 g/mol. The summed E-state index contributed by atoms with van der Waals surface area (Å²) >= 11 is 0. The molecule has 0 aliphatic carbocycles. The van der Waals surface area contributed by atoms with Gasteiger partial charge in [-0.05, 0) is 38.4 Å². The second-order valence-corrected chi connectivity index (χ2v) is 6.35. The molecule has 18 heavy (non-hydrogen) atoms.